The molecule has 3 rings (SSSR count). The number of halogens is 1. The van der Waals surface area contributed by atoms with Crippen LogP contribution in [-0.4, -0.2) is 10.1 Å². The van der Waals surface area contributed by atoms with Gasteiger partial charge in [0.1, 0.15) is 10.8 Å². The van der Waals surface area contributed by atoms with E-state index >= 15 is 0 Å². The van der Waals surface area contributed by atoms with Gasteiger partial charge in [0.2, 0.25) is 0 Å². The lowest BCUT2D eigenvalue weighted by molar-refractivity contribution is 0.480. The number of phenols is 1. The highest BCUT2D eigenvalue weighted by Gasteiger charge is 2.11. The molecule has 90 valence electrons. The Morgan fingerprint density at radius 1 is 1.22 bits per heavy atom. The van der Waals surface area contributed by atoms with E-state index < -0.39 is 0 Å². The van der Waals surface area contributed by atoms with Crippen LogP contribution >= 0.6 is 27.3 Å². The van der Waals surface area contributed by atoms with Gasteiger partial charge in [-0.05, 0) is 30.3 Å². The molecule has 0 amide bonds. The number of fused-ring (bicyclic) bond motifs is 1. The molecule has 0 unspecified atom stereocenters. The summed E-state index contributed by atoms with van der Waals surface area (Å²) in [6.07, 6.45) is 0. The number of nitrogens with two attached hydrogens (primary N) is 1. The van der Waals surface area contributed by atoms with E-state index in [1.165, 1.54) is 11.3 Å². The predicted molar refractivity (Wildman–Crippen MR) is 78.8 cm³/mol. The largest absolute Gasteiger partial charge is 0.505 e. The molecule has 0 saturated heterocycles. The molecular weight excluding hydrogens is 312 g/mol. The number of thiazole rings is 1. The van der Waals surface area contributed by atoms with E-state index in [4.69, 9.17) is 5.73 Å². The Morgan fingerprint density at radius 3 is 2.89 bits per heavy atom. The molecule has 0 aliphatic carbocycles. The van der Waals surface area contributed by atoms with E-state index in [2.05, 4.69) is 20.9 Å². The normalized spacial score (nSPS) is 10.9. The number of anilines is 1. The molecule has 0 atom stereocenters. The van der Waals surface area contributed by atoms with Crippen LogP contribution in [0.1, 0.15) is 0 Å². The highest BCUT2D eigenvalue weighted by molar-refractivity contribution is 9.10. The first-order chi connectivity index (χ1) is 8.65. The van der Waals surface area contributed by atoms with Crippen molar-refractivity contribution in [3.05, 3.63) is 40.9 Å². The summed E-state index contributed by atoms with van der Waals surface area (Å²) < 4.78 is 2.09. The molecule has 0 spiro atoms. The van der Waals surface area contributed by atoms with Crippen LogP contribution in [0.4, 0.5) is 5.69 Å². The molecule has 0 radical (unpaired) electrons. The molecule has 1 aromatic heterocycles. The molecule has 0 aliphatic heterocycles. The molecule has 0 saturated carbocycles. The fraction of sp³-hybridized carbons (Fsp3) is 0. The summed E-state index contributed by atoms with van der Waals surface area (Å²) in [5, 5.41) is 10.7. The van der Waals surface area contributed by atoms with Crippen LogP contribution in [-0.2, 0) is 0 Å². The third kappa shape index (κ3) is 1.85. The van der Waals surface area contributed by atoms with Crippen molar-refractivity contribution in [1.82, 2.24) is 4.98 Å². The molecule has 2 aromatic carbocycles. The second-order valence-corrected chi connectivity index (χ2v) is 5.82. The smallest absolute Gasteiger partial charge is 0.148 e. The number of hydrogen-bond donors (Lipinski definition) is 2. The summed E-state index contributed by atoms with van der Waals surface area (Å²) in [5.41, 5.74) is 7.65. The van der Waals surface area contributed by atoms with E-state index in [0.717, 1.165) is 19.7 Å². The standard InChI is InChI=1S/C13H9BrN2OS/c14-7-4-5-10-11(6-7)18-13(16-10)8-2-1-3-9(15)12(8)17/h1-6,17H,15H2. The van der Waals surface area contributed by atoms with Crippen molar-refractivity contribution in [3.63, 3.8) is 0 Å². The van der Waals surface area contributed by atoms with Crippen LogP contribution in [0, 0.1) is 0 Å². The fourth-order valence-electron chi connectivity index (χ4n) is 1.75. The molecule has 1 heterocycles. The summed E-state index contributed by atoms with van der Waals surface area (Å²) in [4.78, 5) is 4.51. The topological polar surface area (TPSA) is 59.1 Å². The maximum Gasteiger partial charge on any atom is 0.148 e. The van der Waals surface area contributed by atoms with Crippen LogP contribution in [0.2, 0.25) is 0 Å². The van der Waals surface area contributed by atoms with Gasteiger partial charge in [-0.2, -0.15) is 0 Å². The van der Waals surface area contributed by atoms with Crippen molar-refractivity contribution >= 4 is 43.2 Å². The van der Waals surface area contributed by atoms with Crippen LogP contribution < -0.4 is 5.73 Å². The Labute approximate surface area is 116 Å². The van der Waals surface area contributed by atoms with E-state index in [1.54, 1.807) is 6.07 Å². The average Bonchev–Trinajstić information content (AvgIpc) is 2.75. The number of aromatic nitrogens is 1. The molecule has 3 N–H and O–H groups in total. The van der Waals surface area contributed by atoms with E-state index in [1.807, 2.05) is 30.3 Å². The lowest BCUT2D eigenvalue weighted by atomic mass is 10.2. The number of hydrogen-bond acceptors (Lipinski definition) is 4. The maximum atomic E-state index is 9.96. The second kappa shape index (κ2) is 4.26. The quantitative estimate of drug-likeness (QED) is 0.526. The van der Waals surface area contributed by atoms with Crippen molar-refractivity contribution in [2.75, 3.05) is 5.73 Å². The number of benzene rings is 2. The van der Waals surface area contributed by atoms with E-state index in [-0.39, 0.29) is 5.75 Å². The van der Waals surface area contributed by atoms with Crippen LogP contribution in [0.3, 0.4) is 0 Å². The summed E-state index contributed by atoms with van der Waals surface area (Å²) in [5.74, 6) is 0.0932. The van der Waals surface area contributed by atoms with E-state index in [0.29, 0.717) is 11.3 Å². The second-order valence-electron chi connectivity index (χ2n) is 3.87. The maximum absolute atomic E-state index is 9.96. The number of phenolic OH excluding ortho intramolecular Hbond substituents is 1. The molecular formula is C13H9BrN2OS. The molecule has 0 aliphatic rings. The van der Waals surface area contributed by atoms with Crippen molar-refractivity contribution < 1.29 is 5.11 Å². The molecule has 18 heavy (non-hydrogen) atoms. The lowest BCUT2D eigenvalue weighted by Crippen LogP contribution is -1.87. The minimum atomic E-state index is 0.0932. The first kappa shape index (κ1) is 11.5. The first-order valence-electron chi connectivity index (χ1n) is 5.29. The summed E-state index contributed by atoms with van der Waals surface area (Å²) >= 11 is 4.96. The Kier molecular flexibility index (Phi) is 2.72. The van der Waals surface area contributed by atoms with Crippen molar-refractivity contribution in [2.24, 2.45) is 0 Å². The van der Waals surface area contributed by atoms with Crippen molar-refractivity contribution in [1.29, 1.82) is 0 Å². The Hall–Kier alpha value is -1.59. The van der Waals surface area contributed by atoms with Gasteiger partial charge in [0.15, 0.2) is 0 Å². The summed E-state index contributed by atoms with van der Waals surface area (Å²) in [6, 6.07) is 11.2. The molecule has 3 nitrogen and oxygen atoms in total. The molecule has 0 bridgehead atoms. The Bertz CT molecular complexity index is 739. The van der Waals surface area contributed by atoms with Gasteiger partial charge in [-0.3, -0.25) is 0 Å². The third-order valence-corrected chi connectivity index (χ3v) is 4.19. The number of nitrogens with zero attached hydrogens (tertiary/aromatic N) is 1. The number of para-hydroxylation sites is 1. The van der Waals surface area contributed by atoms with Gasteiger partial charge < -0.3 is 10.8 Å². The van der Waals surface area contributed by atoms with Crippen molar-refractivity contribution in [2.45, 2.75) is 0 Å². The van der Waals surface area contributed by atoms with Crippen LogP contribution in [0.15, 0.2) is 40.9 Å². The Balaban J connectivity index is 2.22. The number of aromatic hydroxyl groups is 1. The van der Waals surface area contributed by atoms with E-state index in [9.17, 15) is 5.11 Å². The molecule has 0 fully saturated rings. The van der Waals surface area contributed by atoms with Gasteiger partial charge in [0.05, 0.1) is 21.5 Å². The SMILES string of the molecule is Nc1cccc(-c2nc3ccc(Br)cc3s2)c1O. The first-order valence-corrected chi connectivity index (χ1v) is 6.90. The van der Waals surface area contributed by atoms with Gasteiger partial charge in [0.25, 0.3) is 0 Å². The third-order valence-electron chi connectivity index (χ3n) is 2.65. The van der Waals surface area contributed by atoms with Gasteiger partial charge in [-0.15, -0.1) is 11.3 Å². The zero-order chi connectivity index (χ0) is 12.7. The highest BCUT2D eigenvalue weighted by Crippen LogP contribution is 2.38. The highest BCUT2D eigenvalue weighted by atomic mass is 79.9. The van der Waals surface area contributed by atoms with Crippen molar-refractivity contribution in [3.8, 4) is 16.3 Å². The lowest BCUT2D eigenvalue weighted by Gasteiger charge is -2.02. The van der Waals surface area contributed by atoms with Gasteiger partial charge >= 0.3 is 0 Å². The Morgan fingerprint density at radius 2 is 2.06 bits per heavy atom. The zero-order valence-electron chi connectivity index (χ0n) is 9.22. The number of rotatable bonds is 1. The van der Waals surface area contributed by atoms with Crippen LogP contribution in [0.25, 0.3) is 20.8 Å². The monoisotopic (exact) mass is 320 g/mol. The van der Waals surface area contributed by atoms with Gasteiger partial charge in [-0.1, -0.05) is 22.0 Å². The minimum Gasteiger partial charge on any atom is -0.505 e. The fourth-order valence-corrected chi connectivity index (χ4v) is 3.29. The zero-order valence-corrected chi connectivity index (χ0v) is 11.6. The van der Waals surface area contributed by atoms with Gasteiger partial charge in [0, 0.05) is 4.47 Å². The predicted octanol–water partition coefficient (Wildman–Crippen LogP) is 4.01. The average molecular weight is 321 g/mol. The molecule has 5 heteroatoms. The van der Waals surface area contributed by atoms with Crippen LogP contribution in [0.5, 0.6) is 5.75 Å². The van der Waals surface area contributed by atoms with Gasteiger partial charge in [-0.25, -0.2) is 4.98 Å². The minimum absolute atomic E-state index is 0.0932. The summed E-state index contributed by atoms with van der Waals surface area (Å²) in [6.45, 7) is 0. The summed E-state index contributed by atoms with van der Waals surface area (Å²) in [7, 11) is 0. The molecule has 3 aromatic rings. The number of nitrogen functional groups attached to an aromatic ring is 1.